The highest BCUT2D eigenvalue weighted by Gasteiger charge is 2.24. The van der Waals surface area contributed by atoms with Crippen molar-refractivity contribution in [1.82, 2.24) is 5.32 Å². The number of amides is 1. The summed E-state index contributed by atoms with van der Waals surface area (Å²) in [5, 5.41) is 12.1. The van der Waals surface area contributed by atoms with E-state index in [-0.39, 0.29) is 18.4 Å². The third kappa shape index (κ3) is 4.84. The van der Waals surface area contributed by atoms with Gasteiger partial charge in [0.25, 0.3) is 0 Å². The number of nitrogens with one attached hydrogen (secondary N) is 1. The number of carboxylic acids is 1. The second kappa shape index (κ2) is 7.94. The molecule has 2 N–H and O–H groups in total. The molecule has 5 nitrogen and oxygen atoms in total. The van der Waals surface area contributed by atoms with Gasteiger partial charge >= 0.3 is 5.97 Å². The number of aryl methyl sites for hydroxylation is 1. The summed E-state index contributed by atoms with van der Waals surface area (Å²) in [5.74, 6) is -1.76. The number of carboxylic acid groups (broad SMARTS) is 1. The minimum atomic E-state index is -0.887. The van der Waals surface area contributed by atoms with E-state index in [9.17, 15) is 14.7 Å². The Morgan fingerprint density at radius 3 is 2.91 bits per heavy atom. The minimum Gasteiger partial charge on any atom is -0.481 e. The molecule has 0 aromatic heterocycles. The summed E-state index contributed by atoms with van der Waals surface area (Å²) in [6, 6.07) is 7.79. The van der Waals surface area contributed by atoms with Crippen molar-refractivity contribution < 1.29 is 19.4 Å². The van der Waals surface area contributed by atoms with Crippen LogP contribution in [0.4, 0.5) is 0 Å². The van der Waals surface area contributed by atoms with Gasteiger partial charge in [-0.2, -0.15) is 0 Å². The fourth-order valence-corrected chi connectivity index (χ4v) is 2.69. The molecule has 1 aromatic rings. The van der Waals surface area contributed by atoms with E-state index in [0.29, 0.717) is 19.6 Å². The molecule has 2 atom stereocenters. The summed E-state index contributed by atoms with van der Waals surface area (Å²) in [6.45, 7) is 3.26. The summed E-state index contributed by atoms with van der Waals surface area (Å²) in [6.07, 6.45) is 2.10. The van der Waals surface area contributed by atoms with E-state index in [4.69, 9.17) is 4.74 Å². The molecule has 1 aromatic carbocycles. The SMILES string of the molecule is Cc1cccc(CC(CNC(=O)C2CCCOC2)C(=O)O)c1. The standard InChI is InChI=1S/C17H23NO4/c1-12-4-2-5-13(8-12)9-15(17(20)21)10-18-16(19)14-6-3-7-22-11-14/h2,4-5,8,14-15H,3,6-7,9-11H2,1H3,(H,18,19)(H,20,21). The van der Waals surface area contributed by atoms with Gasteiger partial charge in [0.2, 0.25) is 5.91 Å². The normalized spacial score (nSPS) is 19.4. The fourth-order valence-electron chi connectivity index (χ4n) is 2.69. The summed E-state index contributed by atoms with van der Waals surface area (Å²) in [7, 11) is 0. The molecule has 1 heterocycles. The van der Waals surface area contributed by atoms with Crippen LogP contribution in [-0.2, 0) is 20.7 Å². The van der Waals surface area contributed by atoms with Gasteiger partial charge in [-0.3, -0.25) is 9.59 Å². The van der Waals surface area contributed by atoms with E-state index < -0.39 is 11.9 Å². The number of carbonyl (C=O) groups is 2. The number of ether oxygens (including phenoxy) is 1. The van der Waals surface area contributed by atoms with Crippen molar-refractivity contribution in [3.8, 4) is 0 Å². The Kier molecular flexibility index (Phi) is 5.95. The van der Waals surface area contributed by atoms with Crippen molar-refractivity contribution in [2.24, 2.45) is 11.8 Å². The first-order chi connectivity index (χ1) is 10.6. The maximum Gasteiger partial charge on any atom is 0.308 e. The first kappa shape index (κ1) is 16.5. The second-order valence-corrected chi connectivity index (χ2v) is 5.89. The van der Waals surface area contributed by atoms with Gasteiger partial charge in [0.05, 0.1) is 18.4 Å². The number of rotatable bonds is 6. The molecule has 0 saturated carbocycles. The molecule has 0 radical (unpaired) electrons. The van der Waals surface area contributed by atoms with E-state index in [0.717, 1.165) is 24.0 Å². The molecule has 2 unspecified atom stereocenters. The molecule has 1 aliphatic rings. The van der Waals surface area contributed by atoms with Gasteiger partial charge in [0.15, 0.2) is 0 Å². The topological polar surface area (TPSA) is 75.6 Å². The van der Waals surface area contributed by atoms with Crippen LogP contribution in [0.15, 0.2) is 24.3 Å². The Morgan fingerprint density at radius 2 is 2.27 bits per heavy atom. The summed E-state index contributed by atoms with van der Waals surface area (Å²) < 4.78 is 5.29. The minimum absolute atomic E-state index is 0.102. The van der Waals surface area contributed by atoms with Crippen molar-refractivity contribution in [3.63, 3.8) is 0 Å². The summed E-state index contributed by atoms with van der Waals surface area (Å²) in [5.41, 5.74) is 2.08. The Bertz CT molecular complexity index is 523. The zero-order chi connectivity index (χ0) is 15.9. The number of hydrogen-bond donors (Lipinski definition) is 2. The fraction of sp³-hybridized carbons (Fsp3) is 0.529. The lowest BCUT2D eigenvalue weighted by Crippen LogP contribution is -2.40. The molecular weight excluding hydrogens is 282 g/mol. The summed E-state index contributed by atoms with van der Waals surface area (Å²) >= 11 is 0. The maximum absolute atomic E-state index is 12.0. The Hall–Kier alpha value is -1.88. The van der Waals surface area contributed by atoms with Gasteiger partial charge in [-0.25, -0.2) is 0 Å². The largest absolute Gasteiger partial charge is 0.481 e. The van der Waals surface area contributed by atoms with Gasteiger partial charge in [0, 0.05) is 13.2 Å². The molecule has 0 aliphatic carbocycles. The van der Waals surface area contributed by atoms with Crippen LogP contribution >= 0.6 is 0 Å². The van der Waals surface area contributed by atoms with Crippen LogP contribution in [-0.4, -0.2) is 36.7 Å². The molecule has 5 heteroatoms. The highest BCUT2D eigenvalue weighted by atomic mass is 16.5. The van der Waals surface area contributed by atoms with Crippen LogP contribution in [0.5, 0.6) is 0 Å². The molecule has 1 aliphatic heterocycles. The van der Waals surface area contributed by atoms with Gasteiger partial charge < -0.3 is 15.2 Å². The first-order valence-electron chi connectivity index (χ1n) is 7.70. The molecule has 1 fully saturated rings. The van der Waals surface area contributed by atoms with Crippen LogP contribution in [0, 0.1) is 18.8 Å². The molecular formula is C17H23NO4. The molecule has 120 valence electrons. The lowest BCUT2D eigenvalue weighted by Gasteiger charge is -2.22. The van der Waals surface area contributed by atoms with E-state index >= 15 is 0 Å². The van der Waals surface area contributed by atoms with Gasteiger partial charge in [0.1, 0.15) is 0 Å². The van der Waals surface area contributed by atoms with Crippen molar-refractivity contribution in [1.29, 1.82) is 0 Å². The van der Waals surface area contributed by atoms with Crippen LogP contribution < -0.4 is 5.32 Å². The molecule has 1 saturated heterocycles. The van der Waals surface area contributed by atoms with Crippen LogP contribution in [0.25, 0.3) is 0 Å². The number of benzene rings is 1. The quantitative estimate of drug-likeness (QED) is 0.840. The van der Waals surface area contributed by atoms with Crippen molar-refractivity contribution in [3.05, 3.63) is 35.4 Å². The smallest absolute Gasteiger partial charge is 0.308 e. The number of hydrogen-bond acceptors (Lipinski definition) is 3. The number of aliphatic carboxylic acids is 1. The average molecular weight is 305 g/mol. The Labute approximate surface area is 130 Å². The van der Waals surface area contributed by atoms with Crippen molar-refractivity contribution in [2.45, 2.75) is 26.2 Å². The monoisotopic (exact) mass is 305 g/mol. The van der Waals surface area contributed by atoms with E-state index in [1.54, 1.807) is 0 Å². The highest BCUT2D eigenvalue weighted by Crippen LogP contribution is 2.14. The van der Waals surface area contributed by atoms with Gasteiger partial charge in [-0.15, -0.1) is 0 Å². The third-order valence-corrected chi connectivity index (χ3v) is 3.97. The van der Waals surface area contributed by atoms with Crippen LogP contribution in [0.1, 0.15) is 24.0 Å². The van der Waals surface area contributed by atoms with E-state index in [2.05, 4.69) is 5.32 Å². The molecule has 1 amide bonds. The predicted molar refractivity (Wildman–Crippen MR) is 82.6 cm³/mol. The highest BCUT2D eigenvalue weighted by molar-refractivity contribution is 5.79. The van der Waals surface area contributed by atoms with E-state index in [1.165, 1.54) is 0 Å². The van der Waals surface area contributed by atoms with Crippen molar-refractivity contribution in [2.75, 3.05) is 19.8 Å². The maximum atomic E-state index is 12.0. The summed E-state index contributed by atoms with van der Waals surface area (Å²) in [4.78, 5) is 23.4. The third-order valence-electron chi connectivity index (χ3n) is 3.97. The zero-order valence-electron chi connectivity index (χ0n) is 12.9. The molecule has 0 bridgehead atoms. The molecule has 22 heavy (non-hydrogen) atoms. The second-order valence-electron chi connectivity index (χ2n) is 5.89. The Morgan fingerprint density at radius 1 is 1.45 bits per heavy atom. The van der Waals surface area contributed by atoms with Gasteiger partial charge in [-0.1, -0.05) is 29.8 Å². The lowest BCUT2D eigenvalue weighted by molar-refractivity contribution is -0.141. The van der Waals surface area contributed by atoms with E-state index in [1.807, 2.05) is 31.2 Å². The molecule has 2 rings (SSSR count). The predicted octanol–water partition coefficient (Wildman–Crippen LogP) is 1.78. The lowest BCUT2D eigenvalue weighted by atomic mass is 9.97. The Balaban J connectivity index is 1.88. The first-order valence-corrected chi connectivity index (χ1v) is 7.70. The van der Waals surface area contributed by atoms with Crippen LogP contribution in [0.2, 0.25) is 0 Å². The molecule has 0 spiro atoms. The van der Waals surface area contributed by atoms with Gasteiger partial charge in [-0.05, 0) is 31.7 Å². The average Bonchev–Trinajstić information content (AvgIpc) is 2.51. The van der Waals surface area contributed by atoms with Crippen LogP contribution in [0.3, 0.4) is 0 Å². The van der Waals surface area contributed by atoms with Crippen molar-refractivity contribution >= 4 is 11.9 Å². The number of carbonyl (C=O) groups excluding carboxylic acids is 1. The zero-order valence-corrected chi connectivity index (χ0v) is 12.9.